The van der Waals surface area contributed by atoms with E-state index in [1.54, 1.807) is 0 Å². The first-order valence-corrected chi connectivity index (χ1v) is 7.58. The van der Waals surface area contributed by atoms with Crippen LogP contribution in [0.3, 0.4) is 0 Å². The van der Waals surface area contributed by atoms with Crippen LogP contribution in [0.1, 0.15) is 18.9 Å². The van der Waals surface area contributed by atoms with Gasteiger partial charge in [0, 0.05) is 29.2 Å². The maximum atomic E-state index is 5.61. The molecule has 18 heavy (non-hydrogen) atoms. The molecule has 0 aliphatic carbocycles. The smallest absolute Gasteiger partial charge is 0.0742 e. The number of thiocarbonyl (C=S) groups is 1. The van der Waals surface area contributed by atoms with E-state index < -0.39 is 0 Å². The Balaban J connectivity index is 1.87. The van der Waals surface area contributed by atoms with Crippen molar-refractivity contribution in [3.05, 3.63) is 29.8 Å². The fraction of sp³-hybridized carbons (Fsp3) is 0.500. The minimum atomic E-state index is 0.423. The highest BCUT2D eigenvalue weighted by Crippen LogP contribution is 2.37. The Morgan fingerprint density at radius 3 is 2.94 bits per heavy atom. The molecule has 2 unspecified atom stereocenters. The molecule has 2 rings (SSSR count). The van der Waals surface area contributed by atoms with Crippen LogP contribution in [0.25, 0.3) is 0 Å². The van der Waals surface area contributed by atoms with E-state index in [0.29, 0.717) is 16.3 Å². The number of nitrogens with two attached hydrogens (primary N) is 1. The maximum absolute atomic E-state index is 5.61. The molecule has 1 aromatic rings. The van der Waals surface area contributed by atoms with Gasteiger partial charge in [0.05, 0.1) is 4.99 Å². The van der Waals surface area contributed by atoms with Gasteiger partial charge >= 0.3 is 0 Å². The first kappa shape index (κ1) is 13.8. The van der Waals surface area contributed by atoms with Crippen molar-refractivity contribution in [2.75, 3.05) is 13.6 Å². The lowest BCUT2D eigenvalue weighted by molar-refractivity contribution is 0.264. The Labute approximate surface area is 119 Å². The molecule has 1 heterocycles. The molecule has 98 valence electrons. The second-order valence-corrected chi connectivity index (χ2v) is 6.88. The molecule has 1 aliphatic rings. The molecular weight excluding hydrogens is 260 g/mol. The summed E-state index contributed by atoms with van der Waals surface area (Å²) in [7, 11) is 2.16. The van der Waals surface area contributed by atoms with E-state index in [0.717, 1.165) is 13.0 Å². The van der Waals surface area contributed by atoms with Crippen LogP contribution >= 0.6 is 24.0 Å². The molecule has 2 nitrogen and oxygen atoms in total. The van der Waals surface area contributed by atoms with Gasteiger partial charge < -0.3 is 10.6 Å². The fourth-order valence-corrected chi connectivity index (χ4v) is 3.94. The maximum Gasteiger partial charge on any atom is 0.0742 e. The summed E-state index contributed by atoms with van der Waals surface area (Å²) < 4.78 is 0. The Hall–Kier alpha value is -0.580. The SMILES string of the molecule is CC(CC(N)=S)N(C)CC1Cc2ccccc2S1. The van der Waals surface area contributed by atoms with E-state index in [1.165, 1.54) is 16.9 Å². The normalized spacial score (nSPS) is 19.8. The molecule has 0 aromatic heterocycles. The van der Waals surface area contributed by atoms with Gasteiger partial charge in [0.15, 0.2) is 0 Å². The molecule has 0 saturated carbocycles. The lowest BCUT2D eigenvalue weighted by Gasteiger charge is -2.26. The van der Waals surface area contributed by atoms with Crippen molar-refractivity contribution in [2.45, 2.75) is 36.0 Å². The average molecular weight is 280 g/mol. The second-order valence-electron chi connectivity index (χ2n) is 5.01. The van der Waals surface area contributed by atoms with E-state index in [-0.39, 0.29) is 0 Å². The van der Waals surface area contributed by atoms with Crippen molar-refractivity contribution in [1.29, 1.82) is 0 Å². The molecular formula is C14H20N2S2. The first-order chi connectivity index (χ1) is 8.56. The Morgan fingerprint density at radius 2 is 2.28 bits per heavy atom. The summed E-state index contributed by atoms with van der Waals surface area (Å²) >= 11 is 6.97. The van der Waals surface area contributed by atoms with Gasteiger partial charge in [0.2, 0.25) is 0 Å². The summed E-state index contributed by atoms with van der Waals surface area (Å²) in [5.74, 6) is 0. The number of hydrogen-bond donors (Lipinski definition) is 1. The summed E-state index contributed by atoms with van der Waals surface area (Å²) in [6.07, 6.45) is 1.97. The number of thioether (sulfide) groups is 1. The number of benzene rings is 1. The zero-order chi connectivity index (χ0) is 13.1. The second kappa shape index (κ2) is 6.04. The third-order valence-electron chi connectivity index (χ3n) is 3.45. The summed E-state index contributed by atoms with van der Waals surface area (Å²) in [5, 5.41) is 0.654. The van der Waals surface area contributed by atoms with Crippen LogP contribution in [0.5, 0.6) is 0 Å². The van der Waals surface area contributed by atoms with Crippen LogP contribution < -0.4 is 5.73 Å². The van der Waals surface area contributed by atoms with Gasteiger partial charge in [-0.1, -0.05) is 30.4 Å². The topological polar surface area (TPSA) is 29.3 Å². The zero-order valence-electron chi connectivity index (χ0n) is 10.9. The van der Waals surface area contributed by atoms with Crippen molar-refractivity contribution >= 4 is 29.0 Å². The van der Waals surface area contributed by atoms with E-state index >= 15 is 0 Å². The quantitative estimate of drug-likeness (QED) is 0.840. The van der Waals surface area contributed by atoms with Crippen molar-refractivity contribution in [1.82, 2.24) is 4.90 Å². The summed E-state index contributed by atoms with van der Waals surface area (Å²) in [6, 6.07) is 9.12. The molecule has 2 atom stereocenters. The Bertz CT molecular complexity index is 409. The number of hydrogen-bond acceptors (Lipinski definition) is 3. The number of rotatable bonds is 5. The molecule has 0 fully saturated rings. The molecule has 0 saturated heterocycles. The van der Waals surface area contributed by atoms with Crippen molar-refractivity contribution in [3.63, 3.8) is 0 Å². The summed E-state index contributed by atoms with van der Waals surface area (Å²) in [4.78, 5) is 4.41. The van der Waals surface area contributed by atoms with Gasteiger partial charge in [-0.3, -0.25) is 0 Å². The van der Waals surface area contributed by atoms with E-state index in [4.69, 9.17) is 18.0 Å². The highest BCUT2D eigenvalue weighted by atomic mass is 32.2. The summed E-state index contributed by atoms with van der Waals surface area (Å²) in [6.45, 7) is 3.27. The van der Waals surface area contributed by atoms with Gasteiger partial charge in [-0.25, -0.2) is 0 Å². The first-order valence-electron chi connectivity index (χ1n) is 6.29. The zero-order valence-corrected chi connectivity index (χ0v) is 12.6. The summed E-state index contributed by atoms with van der Waals surface area (Å²) in [5.41, 5.74) is 7.10. The minimum Gasteiger partial charge on any atom is -0.393 e. The molecule has 2 N–H and O–H groups in total. The monoisotopic (exact) mass is 280 g/mol. The number of nitrogens with zero attached hydrogens (tertiary/aromatic N) is 1. The van der Waals surface area contributed by atoms with Crippen LogP contribution in [-0.4, -0.2) is 34.8 Å². The minimum absolute atomic E-state index is 0.423. The molecule has 4 heteroatoms. The van der Waals surface area contributed by atoms with Gasteiger partial charge in [-0.2, -0.15) is 0 Å². The fourth-order valence-electron chi connectivity index (χ4n) is 2.30. The van der Waals surface area contributed by atoms with Crippen molar-refractivity contribution in [2.24, 2.45) is 5.73 Å². The van der Waals surface area contributed by atoms with Crippen LogP contribution in [0, 0.1) is 0 Å². The average Bonchev–Trinajstić information content (AvgIpc) is 2.69. The van der Waals surface area contributed by atoms with E-state index in [9.17, 15) is 0 Å². The van der Waals surface area contributed by atoms with Crippen LogP contribution in [0.2, 0.25) is 0 Å². The van der Waals surface area contributed by atoms with Crippen molar-refractivity contribution < 1.29 is 0 Å². The van der Waals surface area contributed by atoms with Gasteiger partial charge in [0.1, 0.15) is 0 Å². The third kappa shape index (κ3) is 3.46. The number of fused-ring (bicyclic) bond motifs is 1. The third-order valence-corrected chi connectivity index (χ3v) is 4.92. The Morgan fingerprint density at radius 1 is 1.56 bits per heavy atom. The highest BCUT2D eigenvalue weighted by Gasteiger charge is 2.24. The van der Waals surface area contributed by atoms with Gasteiger partial charge in [0.25, 0.3) is 0 Å². The van der Waals surface area contributed by atoms with E-state index in [1.807, 2.05) is 11.8 Å². The van der Waals surface area contributed by atoms with Gasteiger partial charge in [-0.15, -0.1) is 11.8 Å². The highest BCUT2D eigenvalue weighted by molar-refractivity contribution is 8.00. The predicted molar refractivity (Wildman–Crippen MR) is 83.3 cm³/mol. The standard InChI is InChI=1S/C14H20N2S2/c1-10(7-14(15)17)16(2)9-12-8-11-5-3-4-6-13(11)18-12/h3-6,10,12H,7-9H2,1-2H3,(H2,15,17). The lowest BCUT2D eigenvalue weighted by atomic mass is 10.1. The van der Waals surface area contributed by atoms with Gasteiger partial charge in [-0.05, 0) is 32.0 Å². The molecule has 1 aromatic carbocycles. The van der Waals surface area contributed by atoms with E-state index in [2.05, 4.69) is 43.1 Å². The predicted octanol–water partition coefficient (Wildman–Crippen LogP) is 2.70. The molecule has 0 bridgehead atoms. The molecule has 0 spiro atoms. The Kier molecular flexibility index (Phi) is 4.65. The largest absolute Gasteiger partial charge is 0.393 e. The molecule has 0 amide bonds. The van der Waals surface area contributed by atoms with Crippen LogP contribution in [0.15, 0.2) is 29.2 Å². The molecule has 0 radical (unpaired) electrons. The van der Waals surface area contributed by atoms with Crippen molar-refractivity contribution in [3.8, 4) is 0 Å². The van der Waals surface area contributed by atoms with Crippen LogP contribution in [-0.2, 0) is 6.42 Å². The molecule has 1 aliphatic heterocycles. The lowest BCUT2D eigenvalue weighted by Crippen LogP contribution is -2.36. The van der Waals surface area contributed by atoms with Crippen LogP contribution in [0.4, 0.5) is 0 Å².